The van der Waals surface area contributed by atoms with E-state index in [9.17, 15) is 24.5 Å². The Hall–Kier alpha value is -2.76. The van der Waals surface area contributed by atoms with Crippen LogP contribution in [0.2, 0.25) is 0 Å². The maximum atomic E-state index is 13.4. The molecule has 2 aromatic heterocycles. The summed E-state index contributed by atoms with van der Waals surface area (Å²) in [5, 5.41) is 12.8. The first-order valence-electron chi connectivity index (χ1n) is 8.51. The number of benzene rings is 1. The zero-order valence-corrected chi connectivity index (χ0v) is 16.9. The summed E-state index contributed by atoms with van der Waals surface area (Å²) in [7, 11) is 0. The van der Waals surface area contributed by atoms with Crippen LogP contribution in [0, 0.1) is 16.0 Å². The minimum Gasteiger partial charge on any atom is -0.307 e. The molecule has 1 fully saturated rings. The van der Waals surface area contributed by atoms with E-state index in [2.05, 4.69) is 4.98 Å². The van der Waals surface area contributed by atoms with Gasteiger partial charge in [-0.2, -0.15) is 0 Å². The molecule has 2 unspecified atom stereocenters. The molecule has 8 nitrogen and oxygen atoms in total. The Morgan fingerprint density at radius 2 is 1.83 bits per heavy atom. The number of aromatic amines is 1. The van der Waals surface area contributed by atoms with Gasteiger partial charge in [-0.05, 0) is 23.6 Å². The molecule has 11 heteroatoms. The molecule has 29 heavy (non-hydrogen) atoms. The highest BCUT2D eigenvalue weighted by Gasteiger charge is 2.56. The lowest BCUT2D eigenvalue weighted by Crippen LogP contribution is -2.32. The number of carbonyl (C=O) groups is 2. The summed E-state index contributed by atoms with van der Waals surface area (Å²) in [6.45, 7) is 0. The molecular formula is C18H11N3O5S3. The van der Waals surface area contributed by atoms with Gasteiger partial charge in [0, 0.05) is 27.8 Å². The molecule has 0 bridgehead atoms. The summed E-state index contributed by atoms with van der Waals surface area (Å²) < 4.78 is 0. The normalized spacial score (nSPS) is 23.2. The summed E-state index contributed by atoms with van der Waals surface area (Å²) in [5.41, 5.74) is 0.193. The Morgan fingerprint density at radius 1 is 1.07 bits per heavy atom. The van der Waals surface area contributed by atoms with Crippen LogP contribution in [0.5, 0.6) is 0 Å². The van der Waals surface area contributed by atoms with E-state index < -0.39 is 16.1 Å². The number of non-ortho nitro benzene ring substituents is 1. The number of amides is 2. The van der Waals surface area contributed by atoms with Gasteiger partial charge in [0.15, 0.2) is 0 Å². The van der Waals surface area contributed by atoms with E-state index in [4.69, 9.17) is 0 Å². The van der Waals surface area contributed by atoms with Gasteiger partial charge in [0.2, 0.25) is 11.8 Å². The average Bonchev–Trinajstić information content (AvgIpc) is 3.40. The van der Waals surface area contributed by atoms with Crippen LogP contribution in [-0.2, 0) is 9.59 Å². The van der Waals surface area contributed by atoms with Crippen molar-refractivity contribution in [3.05, 3.63) is 71.3 Å². The van der Waals surface area contributed by atoms with Crippen molar-refractivity contribution in [2.75, 3.05) is 4.90 Å². The van der Waals surface area contributed by atoms with Crippen LogP contribution in [0.25, 0.3) is 0 Å². The molecular weight excluding hydrogens is 434 g/mol. The van der Waals surface area contributed by atoms with Crippen LogP contribution in [0.1, 0.15) is 15.7 Å². The van der Waals surface area contributed by atoms with Crippen molar-refractivity contribution in [1.29, 1.82) is 0 Å². The van der Waals surface area contributed by atoms with Gasteiger partial charge >= 0.3 is 4.87 Å². The largest absolute Gasteiger partial charge is 0.307 e. The first-order valence-corrected chi connectivity index (χ1v) is 11.1. The highest BCUT2D eigenvalue weighted by Crippen LogP contribution is 2.53. The number of nitro benzene ring substituents is 1. The second-order valence-corrected chi connectivity index (χ2v) is 9.70. The SMILES string of the molecule is O=C1C2Sc3[nH]c(=O)sc3[C@H](c3cccs3)C2C(=O)N1c1ccc([N+](=O)[O-])cc1. The minimum absolute atomic E-state index is 0.115. The zero-order chi connectivity index (χ0) is 20.3. The topological polar surface area (TPSA) is 113 Å². The maximum absolute atomic E-state index is 13.4. The van der Waals surface area contributed by atoms with Gasteiger partial charge in [0.25, 0.3) is 5.69 Å². The number of thiophene rings is 1. The zero-order valence-electron chi connectivity index (χ0n) is 14.4. The lowest BCUT2D eigenvalue weighted by atomic mass is 9.87. The molecule has 0 spiro atoms. The van der Waals surface area contributed by atoms with Crippen LogP contribution >= 0.6 is 34.4 Å². The number of anilines is 1. The van der Waals surface area contributed by atoms with Gasteiger partial charge in [0.05, 0.1) is 21.6 Å². The fourth-order valence-electron chi connectivity index (χ4n) is 3.77. The third kappa shape index (κ3) is 2.76. The van der Waals surface area contributed by atoms with Crippen LogP contribution in [0.15, 0.2) is 51.6 Å². The van der Waals surface area contributed by atoms with E-state index in [0.717, 1.165) is 26.0 Å². The van der Waals surface area contributed by atoms with E-state index >= 15 is 0 Å². The molecule has 1 aromatic carbocycles. The number of nitro groups is 1. The van der Waals surface area contributed by atoms with Gasteiger partial charge in [-0.3, -0.25) is 24.5 Å². The van der Waals surface area contributed by atoms with E-state index in [1.54, 1.807) is 0 Å². The maximum Gasteiger partial charge on any atom is 0.305 e. The van der Waals surface area contributed by atoms with E-state index in [-0.39, 0.29) is 28.3 Å². The molecule has 3 atom stereocenters. The highest BCUT2D eigenvalue weighted by molar-refractivity contribution is 8.00. The number of carbonyl (C=O) groups excluding carboxylic acids is 2. The van der Waals surface area contributed by atoms with Crippen LogP contribution in [0.3, 0.4) is 0 Å². The molecule has 146 valence electrons. The van der Waals surface area contributed by atoms with Crippen LogP contribution in [-0.4, -0.2) is 27.0 Å². The van der Waals surface area contributed by atoms with Gasteiger partial charge in [-0.1, -0.05) is 29.2 Å². The first kappa shape index (κ1) is 18.3. The third-order valence-corrected chi connectivity index (χ3v) is 8.35. The summed E-state index contributed by atoms with van der Waals surface area (Å²) in [5.74, 6) is -1.75. The van der Waals surface area contributed by atoms with Crippen molar-refractivity contribution in [3.63, 3.8) is 0 Å². The number of thioether (sulfide) groups is 1. The molecule has 0 aliphatic carbocycles. The number of imide groups is 1. The molecule has 2 aliphatic heterocycles. The van der Waals surface area contributed by atoms with Crippen LogP contribution < -0.4 is 9.77 Å². The van der Waals surface area contributed by atoms with E-state index in [0.29, 0.717) is 10.7 Å². The Kier molecular flexibility index (Phi) is 4.19. The van der Waals surface area contributed by atoms with Crippen molar-refractivity contribution >= 4 is 57.6 Å². The first-order chi connectivity index (χ1) is 14.0. The van der Waals surface area contributed by atoms with Crippen molar-refractivity contribution in [2.45, 2.75) is 16.2 Å². The monoisotopic (exact) mass is 445 g/mol. The lowest BCUT2D eigenvalue weighted by Gasteiger charge is -2.28. The third-order valence-electron chi connectivity index (χ3n) is 4.99. The number of rotatable bonds is 3. The quantitative estimate of drug-likeness (QED) is 0.376. The molecule has 1 N–H and O–H groups in total. The Labute approximate surface area is 175 Å². The van der Waals surface area contributed by atoms with Gasteiger partial charge < -0.3 is 4.98 Å². The molecule has 1 saturated heterocycles. The summed E-state index contributed by atoms with van der Waals surface area (Å²) >= 11 is 3.76. The number of nitrogens with one attached hydrogen (secondary N) is 1. The van der Waals surface area contributed by atoms with Crippen molar-refractivity contribution < 1.29 is 14.5 Å². The Morgan fingerprint density at radius 3 is 2.48 bits per heavy atom. The van der Waals surface area contributed by atoms with E-state index in [1.165, 1.54) is 47.4 Å². The molecule has 0 radical (unpaired) electrons. The number of fused-ring (bicyclic) bond motifs is 2. The fraction of sp³-hybridized carbons (Fsp3) is 0.167. The number of hydrogen-bond donors (Lipinski definition) is 1. The van der Waals surface area contributed by atoms with Crippen molar-refractivity contribution in [3.8, 4) is 0 Å². The molecule has 3 aromatic rings. The predicted molar refractivity (Wildman–Crippen MR) is 110 cm³/mol. The minimum atomic E-state index is -0.664. The fourth-order valence-corrected chi connectivity index (χ4v) is 7.23. The summed E-state index contributed by atoms with van der Waals surface area (Å²) in [6, 6.07) is 9.15. The number of aromatic nitrogens is 1. The standard InChI is InChI=1S/C18H11N3O5S3/c22-16-12-11(10-2-1-7-27-10)13-15(19-18(24)29-13)28-14(12)17(23)20(16)8-3-5-9(6-4-8)21(25)26/h1-7,11-12,14H,(H,19,24)/t11-,12?,14?/m1/s1. The number of H-pyrrole nitrogens is 1. The number of thiazole rings is 1. The number of hydrogen-bond acceptors (Lipinski definition) is 8. The molecule has 0 saturated carbocycles. The number of nitrogens with zero attached hydrogens (tertiary/aromatic N) is 2. The van der Waals surface area contributed by atoms with Gasteiger partial charge in [-0.15, -0.1) is 11.3 Å². The second-order valence-electron chi connectivity index (χ2n) is 6.55. The summed E-state index contributed by atoms with van der Waals surface area (Å²) in [4.78, 5) is 54.2. The smallest absolute Gasteiger partial charge is 0.305 e. The lowest BCUT2D eigenvalue weighted by molar-refractivity contribution is -0.384. The Bertz CT molecular complexity index is 1200. The highest BCUT2D eigenvalue weighted by atomic mass is 32.2. The summed E-state index contributed by atoms with van der Waals surface area (Å²) in [6.07, 6.45) is 0. The van der Waals surface area contributed by atoms with Gasteiger partial charge in [-0.25, -0.2) is 4.90 Å². The molecule has 2 amide bonds. The molecule has 4 heterocycles. The van der Waals surface area contributed by atoms with Crippen molar-refractivity contribution in [2.24, 2.45) is 5.92 Å². The van der Waals surface area contributed by atoms with Gasteiger partial charge in [0.1, 0.15) is 5.25 Å². The average molecular weight is 446 g/mol. The van der Waals surface area contributed by atoms with E-state index in [1.807, 2.05) is 17.5 Å². The van der Waals surface area contributed by atoms with Crippen molar-refractivity contribution in [1.82, 2.24) is 4.98 Å². The molecule has 2 aliphatic rings. The Balaban J connectivity index is 1.60. The predicted octanol–water partition coefficient (Wildman–Crippen LogP) is 3.20. The second kappa shape index (κ2) is 6.65. The van der Waals surface area contributed by atoms with Crippen LogP contribution in [0.4, 0.5) is 11.4 Å². The molecule has 5 rings (SSSR count).